The fourth-order valence-electron chi connectivity index (χ4n) is 2.65. The monoisotopic (exact) mass is 420 g/mol. The van der Waals surface area contributed by atoms with Crippen molar-refractivity contribution in [2.75, 3.05) is 6.61 Å². The van der Waals surface area contributed by atoms with Crippen LogP contribution in [0.1, 0.15) is 27.2 Å². The molecule has 0 saturated carbocycles. The highest BCUT2D eigenvalue weighted by Gasteiger charge is 2.24. The third-order valence-corrected chi connectivity index (χ3v) is 4.58. The number of ether oxygens (including phenoxy) is 1. The number of halogens is 1. The number of ketones is 1. The Labute approximate surface area is 157 Å². The fourth-order valence-corrected chi connectivity index (χ4v) is 3.19. The van der Waals surface area contributed by atoms with Gasteiger partial charge in [-0.15, -0.1) is 10.2 Å². The molecular weight excluding hydrogens is 404 g/mol. The molecule has 0 amide bonds. The second-order valence-electron chi connectivity index (χ2n) is 5.67. The summed E-state index contributed by atoms with van der Waals surface area (Å²) in [5.74, 6) is 0.0902. The molecule has 1 aromatic carbocycles. The Hall–Kier alpha value is -2.75. The van der Waals surface area contributed by atoms with E-state index in [-0.39, 0.29) is 17.2 Å². The van der Waals surface area contributed by atoms with E-state index >= 15 is 0 Å². The fraction of sp³-hybridized carbons (Fsp3) is 0.312. The van der Waals surface area contributed by atoms with Gasteiger partial charge in [-0.25, -0.2) is 4.68 Å². The molecule has 0 spiro atoms. The van der Waals surface area contributed by atoms with Crippen LogP contribution in [0.25, 0.3) is 0 Å². The highest BCUT2D eigenvalue weighted by atomic mass is 79.9. The minimum Gasteiger partial charge on any atom is -0.493 e. The van der Waals surface area contributed by atoms with Gasteiger partial charge in [0, 0.05) is 18.2 Å². The topological polar surface area (TPSA) is 108 Å². The smallest absolute Gasteiger partial charge is 0.220 e. The molecule has 136 valence electrons. The van der Waals surface area contributed by atoms with Gasteiger partial charge in [0.1, 0.15) is 17.9 Å². The molecule has 1 N–H and O–H groups in total. The lowest BCUT2D eigenvalue weighted by Gasteiger charge is -2.14. The first-order chi connectivity index (χ1) is 12.4. The molecule has 0 fully saturated rings. The molecule has 0 saturated heterocycles. The largest absolute Gasteiger partial charge is 0.493 e. The molecule has 0 radical (unpaired) electrons. The van der Waals surface area contributed by atoms with E-state index in [1.54, 1.807) is 33.0 Å². The van der Waals surface area contributed by atoms with Crippen molar-refractivity contribution in [2.24, 2.45) is 7.05 Å². The van der Waals surface area contributed by atoms with Gasteiger partial charge in [0.05, 0.1) is 16.7 Å². The van der Waals surface area contributed by atoms with Gasteiger partial charge in [0.15, 0.2) is 6.33 Å². The number of carbonyl (C=O) groups excluding carboxylic acids is 1. The zero-order chi connectivity index (χ0) is 18.8. The molecule has 0 bridgehead atoms. The molecule has 9 nitrogen and oxygen atoms in total. The first kappa shape index (κ1) is 18.1. The van der Waals surface area contributed by atoms with Crippen LogP contribution in [0.4, 0.5) is 0 Å². The van der Waals surface area contributed by atoms with Crippen molar-refractivity contribution >= 4 is 21.7 Å². The zero-order valence-corrected chi connectivity index (χ0v) is 16.1. The van der Waals surface area contributed by atoms with Crippen LogP contribution >= 0.6 is 15.9 Å². The van der Waals surface area contributed by atoms with Crippen LogP contribution in [0.2, 0.25) is 0 Å². The molecule has 0 aliphatic heterocycles. The average Bonchev–Trinajstić information content (AvgIpc) is 3.19. The molecule has 2 heterocycles. The van der Waals surface area contributed by atoms with Gasteiger partial charge in [-0.2, -0.15) is 9.90 Å². The Bertz CT molecular complexity index is 952. The summed E-state index contributed by atoms with van der Waals surface area (Å²) < 4.78 is 7.83. The Morgan fingerprint density at radius 3 is 2.73 bits per heavy atom. The maximum Gasteiger partial charge on any atom is 0.220 e. The Morgan fingerprint density at radius 2 is 2.12 bits per heavy atom. The number of rotatable bonds is 6. The third-order valence-electron chi connectivity index (χ3n) is 3.95. The standard InChI is InChI=1S/C16H17BrN6O3/c1-9-11(14(24)13-10(2)20-22(3)16(13)25)4-5-12(17)15(9)26-7-6-23-19-8-18-21-23/h4-5,8,25H,6-7H2,1-3H3. The van der Waals surface area contributed by atoms with Gasteiger partial charge < -0.3 is 9.84 Å². The van der Waals surface area contributed by atoms with Crippen molar-refractivity contribution in [3.63, 3.8) is 0 Å². The molecule has 26 heavy (non-hydrogen) atoms. The molecule has 0 aliphatic carbocycles. The number of benzene rings is 1. The van der Waals surface area contributed by atoms with E-state index in [1.165, 1.54) is 15.8 Å². The Morgan fingerprint density at radius 1 is 1.35 bits per heavy atom. The number of aromatic nitrogens is 6. The van der Waals surface area contributed by atoms with E-state index in [0.717, 1.165) is 4.47 Å². The highest BCUT2D eigenvalue weighted by molar-refractivity contribution is 9.10. The molecule has 0 unspecified atom stereocenters. The lowest BCUT2D eigenvalue weighted by Crippen LogP contribution is -2.13. The number of carbonyl (C=O) groups is 1. The van der Waals surface area contributed by atoms with Crippen molar-refractivity contribution in [3.8, 4) is 11.6 Å². The molecule has 3 rings (SSSR count). The van der Waals surface area contributed by atoms with Gasteiger partial charge in [0.25, 0.3) is 0 Å². The average molecular weight is 421 g/mol. The summed E-state index contributed by atoms with van der Waals surface area (Å²) >= 11 is 3.45. The number of hydrogen-bond donors (Lipinski definition) is 1. The van der Waals surface area contributed by atoms with Crippen LogP contribution in [0.15, 0.2) is 22.9 Å². The van der Waals surface area contributed by atoms with E-state index in [1.807, 2.05) is 0 Å². The summed E-state index contributed by atoms with van der Waals surface area (Å²) in [6.07, 6.45) is 1.35. The second kappa shape index (κ2) is 7.24. The van der Waals surface area contributed by atoms with Crippen molar-refractivity contribution < 1.29 is 14.6 Å². The van der Waals surface area contributed by atoms with Crippen LogP contribution in [-0.4, -0.2) is 47.5 Å². The van der Waals surface area contributed by atoms with Crippen LogP contribution in [-0.2, 0) is 13.6 Å². The van der Waals surface area contributed by atoms with Crippen molar-refractivity contribution in [3.05, 3.63) is 45.3 Å². The summed E-state index contributed by atoms with van der Waals surface area (Å²) in [5, 5.41) is 25.5. The lowest BCUT2D eigenvalue weighted by molar-refractivity contribution is 0.103. The number of hydrogen-bond acceptors (Lipinski definition) is 7. The molecule has 10 heteroatoms. The van der Waals surface area contributed by atoms with Crippen LogP contribution in [0.5, 0.6) is 11.6 Å². The van der Waals surface area contributed by atoms with Gasteiger partial charge in [-0.1, -0.05) is 0 Å². The van der Waals surface area contributed by atoms with Gasteiger partial charge in [-0.3, -0.25) is 4.79 Å². The number of aromatic hydroxyl groups is 1. The molecule has 0 atom stereocenters. The SMILES string of the molecule is Cc1nn(C)c(O)c1C(=O)c1ccc(Br)c(OCCn2ncnn2)c1C. The van der Waals surface area contributed by atoms with Gasteiger partial charge >= 0.3 is 0 Å². The number of tetrazole rings is 1. The summed E-state index contributed by atoms with van der Waals surface area (Å²) in [7, 11) is 1.58. The predicted octanol–water partition coefficient (Wildman–Crippen LogP) is 1.80. The number of nitrogens with zero attached hydrogens (tertiary/aromatic N) is 6. The predicted molar refractivity (Wildman–Crippen MR) is 95.2 cm³/mol. The maximum absolute atomic E-state index is 12.9. The highest BCUT2D eigenvalue weighted by Crippen LogP contribution is 2.33. The van der Waals surface area contributed by atoms with Crippen LogP contribution in [0, 0.1) is 13.8 Å². The van der Waals surface area contributed by atoms with E-state index in [9.17, 15) is 9.90 Å². The molecule has 3 aromatic rings. The van der Waals surface area contributed by atoms with Crippen LogP contribution < -0.4 is 4.74 Å². The molecule has 2 aromatic heterocycles. The summed E-state index contributed by atoms with van der Waals surface area (Å²) in [6, 6.07) is 3.44. The Balaban J connectivity index is 1.87. The van der Waals surface area contributed by atoms with E-state index in [4.69, 9.17) is 4.74 Å². The first-order valence-electron chi connectivity index (χ1n) is 7.80. The van der Waals surface area contributed by atoms with E-state index in [2.05, 4.69) is 36.4 Å². The first-order valence-corrected chi connectivity index (χ1v) is 8.59. The Kier molecular flexibility index (Phi) is 5.03. The van der Waals surface area contributed by atoms with Gasteiger partial charge in [0.2, 0.25) is 11.7 Å². The van der Waals surface area contributed by atoms with E-state index in [0.29, 0.717) is 35.7 Å². The van der Waals surface area contributed by atoms with E-state index < -0.39 is 0 Å². The van der Waals surface area contributed by atoms with Crippen molar-refractivity contribution in [2.45, 2.75) is 20.4 Å². The summed E-state index contributed by atoms with van der Waals surface area (Å²) in [6.45, 7) is 4.21. The third kappa shape index (κ3) is 3.32. The minimum absolute atomic E-state index is 0.158. The van der Waals surface area contributed by atoms with Crippen molar-refractivity contribution in [1.29, 1.82) is 0 Å². The zero-order valence-electron chi connectivity index (χ0n) is 14.5. The molecular formula is C16H17BrN6O3. The van der Waals surface area contributed by atoms with Crippen molar-refractivity contribution in [1.82, 2.24) is 30.0 Å². The van der Waals surface area contributed by atoms with Crippen LogP contribution in [0.3, 0.4) is 0 Å². The second-order valence-corrected chi connectivity index (χ2v) is 6.52. The molecule has 0 aliphatic rings. The lowest BCUT2D eigenvalue weighted by atomic mass is 9.98. The van der Waals surface area contributed by atoms with Gasteiger partial charge in [-0.05, 0) is 47.1 Å². The summed E-state index contributed by atoms with van der Waals surface area (Å²) in [5.41, 5.74) is 1.76. The normalized spacial score (nSPS) is 10.9. The maximum atomic E-state index is 12.9. The number of aryl methyl sites for hydroxylation is 2. The minimum atomic E-state index is -0.305. The quantitative estimate of drug-likeness (QED) is 0.605. The summed E-state index contributed by atoms with van der Waals surface area (Å²) in [4.78, 5) is 14.3.